The van der Waals surface area contributed by atoms with E-state index in [-0.39, 0.29) is 0 Å². The first-order valence-corrected chi connectivity index (χ1v) is 6.86. The molecule has 19 heavy (non-hydrogen) atoms. The lowest BCUT2D eigenvalue weighted by Gasteiger charge is -2.30. The maximum absolute atomic E-state index is 5.58. The molecular weight excluding hydrogens is 252 g/mol. The minimum Gasteiger partial charge on any atom is -0.389 e. The number of hydrogen-bond acceptors (Lipinski definition) is 2. The van der Waals surface area contributed by atoms with Gasteiger partial charge in [-0.25, -0.2) is 0 Å². The zero-order valence-electron chi connectivity index (χ0n) is 10.6. The number of thiocarbonyl (C=S) groups is 1. The van der Waals surface area contributed by atoms with Crippen LogP contribution in [-0.4, -0.2) is 11.5 Å². The van der Waals surface area contributed by atoms with Crippen LogP contribution in [0.2, 0.25) is 0 Å². The molecule has 1 aliphatic rings. The number of nitrogens with two attached hydrogens (primary N) is 1. The van der Waals surface area contributed by atoms with Crippen molar-refractivity contribution in [1.29, 1.82) is 0 Å². The molecule has 1 unspecified atom stereocenters. The van der Waals surface area contributed by atoms with Crippen LogP contribution in [0.3, 0.4) is 0 Å². The van der Waals surface area contributed by atoms with Gasteiger partial charge >= 0.3 is 0 Å². The standard InChI is InChI=1S/C16H16N2S/c17-16(19)11-5-7-14(8-6-11)18-10-13-9-12-3-1-2-4-15(12)13/h1-8,13,18H,9-10H2,(H2,17,19). The second-order valence-electron chi connectivity index (χ2n) is 4.92. The molecular formula is C16H16N2S. The van der Waals surface area contributed by atoms with Crippen LogP contribution in [-0.2, 0) is 6.42 Å². The quantitative estimate of drug-likeness (QED) is 0.837. The minimum atomic E-state index is 0.444. The van der Waals surface area contributed by atoms with Crippen molar-refractivity contribution in [3.8, 4) is 0 Å². The molecule has 0 saturated carbocycles. The number of rotatable bonds is 4. The normalized spacial score (nSPS) is 16.3. The van der Waals surface area contributed by atoms with Crippen molar-refractivity contribution >= 4 is 22.9 Å². The Balaban J connectivity index is 1.60. The highest BCUT2D eigenvalue weighted by Crippen LogP contribution is 2.34. The van der Waals surface area contributed by atoms with Gasteiger partial charge in [0.05, 0.1) is 0 Å². The molecule has 2 aromatic rings. The molecule has 0 saturated heterocycles. The summed E-state index contributed by atoms with van der Waals surface area (Å²) in [6.45, 7) is 0.976. The molecule has 2 nitrogen and oxygen atoms in total. The maximum Gasteiger partial charge on any atom is 0.103 e. The Labute approximate surface area is 118 Å². The number of benzene rings is 2. The Morgan fingerprint density at radius 2 is 1.89 bits per heavy atom. The molecule has 0 bridgehead atoms. The molecule has 2 aromatic carbocycles. The summed E-state index contributed by atoms with van der Waals surface area (Å²) in [7, 11) is 0. The Kier molecular flexibility index (Phi) is 3.22. The summed E-state index contributed by atoms with van der Waals surface area (Å²) in [4.78, 5) is 0.444. The average Bonchev–Trinajstić information content (AvgIpc) is 2.40. The van der Waals surface area contributed by atoms with Crippen molar-refractivity contribution in [3.63, 3.8) is 0 Å². The van der Waals surface area contributed by atoms with Gasteiger partial charge in [-0.05, 0) is 41.8 Å². The van der Waals surface area contributed by atoms with Gasteiger partial charge in [0.25, 0.3) is 0 Å². The summed E-state index contributed by atoms with van der Waals surface area (Å²) >= 11 is 4.94. The summed E-state index contributed by atoms with van der Waals surface area (Å²) in [5.74, 6) is 0.631. The molecule has 1 aliphatic carbocycles. The molecule has 0 radical (unpaired) electrons. The fraction of sp³-hybridized carbons (Fsp3) is 0.188. The van der Waals surface area contributed by atoms with Crippen LogP contribution >= 0.6 is 12.2 Å². The minimum absolute atomic E-state index is 0.444. The topological polar surface area (TPSA) is 38.0 Å². The lowest BCUT2D eigenvalue weighted by atomic mass is 9.77. The zero-order chi connectivity index (χ0) is 13.2. The first-order chi connectivity index (χ1) is 9.24. The van der Waals surface area contributed by atoms with Crippen LogP contribution in [0.4, 0.5) is 5.69 Å². The van der Waals surface area contributed by atoms with Gasteiger partial charge in [0.2, 0.25) is 0 Å². The van der Waals surface area contributed by atoms with E-state index in [1.165, 1.54) is 17.5 Å². The highest BCUT2D eigenvalue weighted by molar-refractivity contribution is 7.80. The van der Waals surface area contributed by atoms with E-state index in [1.54, 1.807) is 0 Å². The highest BCUT2D eigenvalue weighted by atomic mass is 32.1. The molecule has 0 spiro atoms. The predicted molar refractivity (Wildman–Crippen MR) is 83.7 cm³/mol. The van der Waals surface area contributed by atoms with Crippen molar-refractivity contribution in [2.45, 2.75) is 12.3 Å². The third kappa shape index (κ3) is 2.47. The molecule has 0 aliphatic heterocycles. The second kappa shape index (κ2) is 5.02. The Morgan fingerprint density at radius 3 is 2.58 bits per heavy atom. The largest absolute Gasteiger partial charge is 0.389 e. The van der Waals surface area contributed by atoms with Gasteiger partial charge in [0.15, 0.2) is 0 Å². The van der Waals surface area contributed by atoms with Crippen molar-refractivity contribution in [2.75, 3.05) is 11.9 Å². The molecule has 3 rings (SSSR count). The van der Waals surface area contributed by atoms with E-state index in [4.69, 9.17) is 18.0 Å². The van der Waals surface area contributed by atoms with Gasteiger partial charge in [0.1, 0.15) is 4.99 Å². The molecule has 0 amide bonds. The van der Waals surface area contributed by atoms with E-state index >= 15 is 0 Å². The molecule has 0 heterocycles. The van der Waals surface area contributed by atoms with Crippen LogP contribution in [0.1, 0.15) is 22.6 Å². The summed E-state index contributed by atoms with van der Waals surface area (Å²) in [6, 6.07) is 16.6. The van der Waals surface area contributed by atoms with E-state index in [0.29, 0.717) is 10.9 Å². The lowest BCUT2D eigenvalue weighted by molar-refractivity contribution is 0.636. The van der Waals surface area contributed by atoms with Gasteiger partial charge < -0.3 is 11.1 Å². The van der Waals surface area contributed by atoms with Crippen LogP contribution < -0.4 is 11.1 Å². The van der Waals surface area contributed by atoms with E-state index in [1.807, 2.05) is 24.3 Å². The number of nitrogens with one attached hydrogen (secondary N) is 1. The van der Waals surface area contributed by atoms with E-state index in [0.717, 1.165) is 17.8 Å². The van der Waals surface area contributed by atoms with Crippen molar-refractivity contribution in [3.05, 3.63) is 65.2 Å². The molecule has 3 heteroatoms. The predicted octanol–water partition coefficient (Wildman–Crippen LogP) is 3.07. The van der Waals surface area contributed by atoms with E-state index in [2.05, 4.69) is 29.6 Å². The van der Waals surface area contributed by atoms with Crippen LogP contribution in [0, 0.1) is 0 Å². The zero-order valence-corrected chi connectivity index (χ0v) is 11.4. The van der Waals surface area contributed by atoms with Gasteiger partial charge in [-0.3, -0.25) is 0 Å². The lowest BCUT2D eigenvalue weighted by Crippen LogP contribution is -2.24. The first-order valence-electron chi connectivity index (χ1n) is 6.45. The third-order valence-electron chi connectivity index (χ3n) is 3.68. The fourth-order valence-electron chi connectivity index (χ4n) is 2.54. The number of anilines is 1. The smallest absolute Gasteiger partial charge is 0.103 e. The Morgan fingerprint density at radius 1 is 1.16 bits per heavy atom. The van der Waals surface area contributed by atoms with Crippen LogP contribution in [0.5, 0.6) is 0 Å². The third-order valence-corrected chi connectivity index (χ3v) is 3.92. The molecule has 1 atom stereocenters. The second-order valence-corrected chi connectivity index (χ2v) is 5.36. The van der Waals surface area contributed by atoms with Crippen molar-refractivity contribution in [2.24, 2.45) is 5.73 Å². The SMILES string of the molecule is NC(=S)c1ccc(NCC2Cc3ccccc32)cc1. The number of fused-ring (bicyclic) bond motifs is 1. The van der Waals surface area contributed by atoms with Crippen molar-refractivity contribution in [1.82, 2.24) is 0 Å². The number of hydrogen-bond donors (Lipinski definition) is 2. The Hall–Kier alpha value is -1.87. The van der Waals surface area contributed by atoms with E-state index < -0.39 is 0 Å². The monoisotopic (exact) mass is 268 g/mol. The maximum atomic E-state index is 5.58. The first kappa shape index (κ1) is 12.2. The molecule has 3 N–H and O–H groups in total. The molecule has 0 aromatic heterocycles. The average molecular weight is 268 g/mol. The summed E-state index contributed by atoms with van der Waals surface area (Å²) < 4.78 is 0. The summed E-state index contributed by atoms with van der Waals surface area (Å²) in [6.07, 6.45) is 1.17. The van der Waals surface area contributed by atoms with E-state index in [9.17, 15) is 0 Å². The molecule has 96 valence electrons. The van der Waals surface area contributed by atoms with Gasteiger partial charge in [-0.15, -0.1) is 0 Å². The summed E-state index contributed by atoms with van der Waals surface area (Å²) in [5.41, 5.74) is 10.6. The highest BCUT2D eigenvalue weighted by Gasteiger charge is 2.24. The molecule has 0 fully saturated rings. The van der Waals surface area contributed by atoms with Crippen LogP contribution in [0.25, 0.3) is 0 Å². The Bertz CT molecular complexity index is 604. The van der Waals surface area contributed by atoms with Gasteiger partial charge in [-0.2, -0.15) is 0 Å². The van der Waals surface area contributed by atoms with Gasteiger partial charge in [0, 0.05) is 23.7 Å². The van der Waals surface area contributed by atoms with Crippen LogP contribution in [0.15, 0.2) is 48.5 Å². The van der Waals surface area contributed by atoms with Crippen molar-refractivity contribution < 1.29 is 0 Å². The summed E-state index contributed by atoms with van der Waals surface area (Å²) in [5, 5.41) is 3.47. The fourth-order valence-corrected chi connectivity index (χ4v) is 2.67. The van der Waals surface area contributed by atoms with Gasteiger partial charge in [-0.1, -0.05) is 36.5 Å².